The summed E-state index contributed by atoms with van der Waals surface area (Å²) in [5.74, 6) is 1.44. The molecule has 0 saturated heterocycles. The van der Waals surface area contributed by atoms with Crippen molar-refractivity contribution in [2.45, 2.75) is 116 Å². The number of aliphatic hydroxyl groups is 1. The summed E-state index contributed by atoms with van der Waals surface area (Å²) in [6.07, 6.45) is 15.8. The summed E-state index contributed by atoms with van der Waals surface area (Å²) in [6.45, 7) is 4.70. The zero-order valence-electron chi connectivity index (χ0n) is 22.7. The van der Waals surface area contributed by atoms with Crippen LogP contribution >= 0.6 is 0 Å². The Bertz CT molecular complexity index is 914. The highest BCUT2D eigenvalue weighted by molar-refractivity contribution is 5.64. The second-order valence-corrected chi connectivity index (χ2v) is 10.9. The Kier molecular flexibility index (Phi) is 11.8. The first kappa shape index (κ1) is 28.3. The summed E-state index contributed by atoms with van der Waals surface area (Å²) in [5.41, 5.74) is 3.67. The maximum Gasteiger partial charge on any atom is 0.119 e. The van der Waals surface area contributed by atoms with Crippen LogP contribution in [0.2, 0.25) is 0 Å². The van der Waals surface area contributed by atoms with Crippen LogP contribution in [0, 0.1) is 16.7 Å². The van der Waals surface area contributed by atoms with Crippen LogP contribution in [0.1, 0.15) is 115 Å². The normalized spacial score (nSPS) is 20.6. The maximum absolute atomic E-state index is 10.1. The average Bonchev–Trinajstić information content (AvgIpc) is 2.93. The molecule has 0 spiro atoms. The van der Waals surface area contributed by atoms with Crippen molar-refractivity contribution in [2.24, 2.45) is 5.41 Å². The first-order valence-electron chi connectivity index (χ1n) is 14.5. The zero-order valence-corrected chi connectivity index (χ0v) is 22.7. The second-order valence-electron chi connectivity index (χ2n) is 10.9. The van der Waals surface area contributed by atoms with Gasteiger partial charge in [0.25, 0.3) is 0 Å². The Balaban J connectivity index is 1.55. The zero-order chi connectivity index (χ0) is 25.6. The molecule has 0 bridgehead atoms. The molecule has 0 aromatic heterocycles. The second kappa shape index (κ2) is 15.1. The van der Waals surface area contributed by atoms with Crippen molar-refractivity contribution in [3.05, 3.63) is 54.1 Å². The van der Waals surface area contributed by atoms with Crippen molar-refractivity contribution in [3.63, 3.8) is 0 Å². The van der Waals surface area contributed by atoms with E-state index in [4.69, 9.17) is 9.84 Å². The van der Waals surface area contributed by atoms with Crippen LogP contribution in [0.15, 0.2) is 48.5 Å². The van der Waals surface area contributed by atoms with Gasteiger partial charge in [-0.3, -0.25) is 0 Å². The summed E-state index contributed by atoms with van der Waals surface area (Å²) in [6, 6.07) is 20.3. The molecule has 1 aliphatic rings. The largest absolute Gasteiger partial charge is 0.490 e. The summed E-state index contributed by atoms with van der Waals surface area (Å²) >= 11 is 0. The van der Waals surface area contributed by atoms with Gasteiger partial charge in [-0.15, -0.1) is 0 Å². The van der Waals surface area contributed by atoms with Crippen LogP contribution in [0.3, 0.4) is 0 Å². The van der Waals surface area contributed by atoms with Gasteiger partial charge in [0.15, 0.2) is 0 Å². The molecule has 1 saturated carbocycles. The molecular weight excluding hydrogens is 442 g/mol. The lowest BCUT2D eigenvalue weighted by Crippen LogP contribution is -2.26. The minimum Gasteiger partial charge on any atom is -0.490 e. The molecule has 0 aliphatic heterocycles. The predicted molar refractivity (Wildman–Crippen MR) is 150 cm³/mol. The van der Waals surface area contributed by atoms with Crippen molar-refractivity contribution >= 4 is 0 Å². The van der Waals surface area contributed by atoms with Gasteiger partial charge in [-0.25, -0.2) is 0 Å². The van der Waals surface area contributed by atoms with E-state index in [9.17, 15) is 5.26 Å². The quantitative estimate of drug-likeness (QED) is 0.254. The van der Waals surface area contributed by atoms with E-state index in [-0.39, 0.29) is 5.41 Å². The van der Waals surface area contributed by atoms with Crippen molar-refractivity contribution < 1.29 is 9.84 Å². The van der Waals surface area contributed by atoms with Gasteiger partial charge in [-0.05, 0) is 79.7 Å². The Labute approximate surface area is 219 Å². The van der Waals surface area contributed by atoms with Crippen molar-refractivity contribution in [3.8, 4) is 22.9 Å². The highest BCUT2D eigenvalue weighted by Crippen LogP contribution is 2.47. The van der Waals surface area contributed by atoms with E-state index >= 15 is 0 Å². The number of nitrogens with zero attached hydrogens (tertiary/aromatic N) is 1. The number of nitriles is 1. The summed E-state index contributed by atoms with van der Waals surface area (Å²) < 4.78 is 6.14. The smallest absolute Gasteiger partial charge is 0.119 e. The van der Waals surface area contributed by atoms with Gasteiger partial charge in [0.05, 0.1) is 17.6 Å². The lowest BCUT2D eigenvalue weighted by Gasteiger charge is -2.36. The number of ether oxygens (including phenoxy) is 1. The molecule has 1 N–H and O–H groups in total. The predicted octanol–water partition coefficient (Wildman–Crippen LogP) is 9.20. The van der Waals surface area contributed by atoms with Crippen molar-refractivity contribution in [1.82, 2.24) is 0 Å². The van der Waals surface area contributed by atoms with Crippen molar-refractivity contribution in [1.29, 1.82) is 5.26 Å². The van der Waals surface area contributed by atoms with E-state index in [0.717, 1.165) is 70.0 Å². The molecule has 0 heterocycles. The summed E-state index contributed by atoms with van der Waals surface area (Å²) in [4.78, 5) is 0. The highest BCUT2D eigenvalue weighted by atomic mass is 16.5. The van der Waals surface area contributed by atoms with Crippen LogP contribution in [-0.2, 0) is 0 Å². The molecule has 2 aromatic rings. The molecule has 3 rings (SSSR count). The van der Waals surface area contributed by atoms with Gasteiger partial charge < -0.3 is 9.84 Å². The van der Waals surface area contributed by atoms with Gasteiger partial charge in [0.1, 0.15) is 5.75 Å². The molecule has 3 atom stereocenters. The topological polar surface area (TPSA) is 53.2 Å². The van der Waals surface area contributed by atoms with Crippen molar-refractivity contribution in [2.75, 3.05) is 6.61 Å². The summed E-state index contributed by atoms with van der Waals surface area (Å²) in [5, 5.41) is 19.0. The Morgan fingerprint density at radius 1 is 0.944 bits per heavy atom. The monoisotopic (exact) mass is 489 g/mol. The molecule has 2 aromatic carbocycles. The van der Waals surface area contributed by atoms with Gasteiger partial charge in [-0.2, -0.15) is 5.26 Å². The SMILES string of the molecule is CCCC(CC)Oc1ccc(-c2ccc(C3CCCC(C#N)(CCCCCCCCO)C3)cc2)cc1. The first-order chi connectivity index (χ1) is 17.6. The molecule has 196 valence electrons. The Morgan fingerprint density at radius 3 is 2.19 bits per heavy atom. The fourth-order valence-electron chi connectivity index (χ4n) is 5.85. The first-order valence-corrected chi connectivity index (χ1v) is 14.5. The maximum atomic E-state index is 10.1. The van der Waals surface area contributed by atoms with Crippen LogP contribution in [0.5, 0.6) is 5.75 Å². The minimum absolute atomic E-state index is 0.156. The number of hydrogen-bond donors (Lipinski definition) is 1. The molecule has 3 unspecified atom stereocenters. The lowest BCUT2D eigenvalue weighted by molar-refractivity contribution is 0.186. The molecule has 0 amide bonds. The lowest BCUT2D eigenvalue weighted by atomic mass is 9.66. The molecular formula is C33H47NO2. The average molecular weight is 490 g/mol. The van der Waals surface area contributed by atoms with Gasteiger partial charge >= 0.3 is 0 Å². The molecule has 1 aliphatic carbocycles. The van der Waals surface area contributed by atoms with Gasteiger partial charge in [0, 0.05) is 6.61 Å². The minimum atomic E-state index is -0.156. The van der Waals surface area contributed by atoms with Crippen LogP contribution in [0.4, 0.5) is 0 Å². The van der Waals surface area contributed by atoms with E-state index in [2.05, 4.69) is 68.4 Å². The third-order valence-electron chi connectivity index (χ3n) is 8.08. The number of benzene rings is 2. The van der Waals surface area contributed by atoms with E-state index in [1.807, 2.05) is 0 Å². The highest BCUT2D eigenvalue weighted by Gasteiger charge is 2.36. The third kappa shape index (κ3) is 8.38. The molecule has 3 heteroatoms. The standard InChI is InChI=1S/C33H47NO2/c1-3-12-31(4-2)36-32-20-18-28(19-21-32)27-14-16-29(17-15-27)30-13-11-23-33(25-30,26-34)22-9-7-5-6-8-10-24-35/h14-21,30-31,35H,3-13,22-25H2,1-2H3. The van der Waals surface area contributed by atoms with E-state index in [0.29, 0.717) is 18.6 Å². The fraction of sp³-hybridized carbons (Fsp3) is 0.606. The number of rotatable bonds is 15. The Hall–Kier alpha value is -2.31. The van der Waals surface area contributed by atoms with E-state index < -0.39 is 0 Å². The van der Waals surface area contributed by atoms with Crippen LogP contribution < -0.4 is 4.74 Å². The van der Waals surface area contributed by atoms with E-state index in [1.54, 1.807) is 0 Å². The number of hydrogen-bond acceptors (Lipinski definition) is 3. The number of aliphatic hydroxyl groups excluding tert-OH is 1. The number of unbranched alkanes of at least 4 members (excludes halogenated alkanes) is 5. The van der Waals surface area contributed by atoms with E-state index in [1.165, 1.54) is 42.4 Å². The molecule has 3 nitrogen and oxygen atoms in total. The van der Waals surface area contributed by atoms with Crippen LogP contribution in [0.25, 0.3) is 11.1 Å². The van der Waals surface area contributed by atoms with Gasteiger partial charge in [-0.1, -0.05) is 95.2 Å². The summed E-state index contributed by atoms with van der Waals surface area (Å²) in [7, 11) is 0. The molecule has 0 radical (unpaired) electrons. The van der Waals surface area contributed by atoms with Gasteiger partial charge in [0.2, 0.25) is 0 Å². The molecule has 36 heavy (non-hydrogen) atoms. The fourth-order valence-corrected chi connectivity index (χ4v) is 5.85. The third-order valence-corrected chi connectivity index (χ3v) is 8.08. The molecule has 1 fully saturated rings. The Morgan fingerprint density at radius 2 is 1.58 bits per heavy atom. The van der Waals surface area contributed by atoms with Crippen LogP contribution in [-0.4, -0.2) is 17.8 Å².